The molecule has 0 amide bonds. The van der Waals surface area contributed by atoms with Crippen molar-refractivity contribution in [2.75, 3.05) is 0 Å². The van der Waals surface area contributed by atoms with Gasteiger partial charge in [0.25, 0.3) is 0 Å². The number of para-hydroxylation sites is 11. The minimum Gasteiger partial charge on any atom is -0.455 e. The van der Waals surface area contributed by atoms with Gasteiger partial charge in [-0.2, -0.15) is 15.0 Å². The lowest BCUT2D eigenvalue weighted by molar-refractivity contribution is 0.653. The first-order valence-electron chi connectivity index (χ1n) is 49.2. The van der Waals surface area contributed by atoms with Crippen molar-refractivity contribution in [1.29, 1.82) is 0 Å². The van der Waals surface area contributed by atoms with E-state index < -0.39 is 0 Å². The van der Waals surface area contributed by atoms with Gasteiger partial charge in [-0.05, 0) is 180 Å². The van der Waals surface area contributed by atoms with Crippen LogP contribution in [0.1, 0.15) is 0 Å². The van der Waals surface area contributed by atoms with E-state index in [4.69, 9.17) is 52.0 Å². The molecule has 147 heavy (non-hydrogen) atoms. The highest BCUT2D eigenvalue weighted by Gasteiger charge is 2.30. The fourth-order valence-electron chi connectivity index (χ4n) is 22.4. The van der Waals surface area contributed by atoms with Crippen molar-refractivity contribution < 1.29 is 22.1 Å². The third kappa shape index (κ3) is 13.4. The van der Waals surface area contributed by atoms with Gasteiger partial charge >= 0.3 is 0 Å². The molecule has 14 nitrogen and oxygen atoms in total. The molecular weight excluding hydrogens is 1820 g/mol. The van der Waals surface area contributed by atoms with E-state index in [9.17, 15) is 0 Å². The van der Waals surface area contributed by atoms with Crippen molar-refractivity contribution in [3.8, 4) is 107 Å². The van der Waals surface area contributed by atoms with Gasteiger partial charge in [0.05, 0.1) is 66.3 Å². The van der Waals surface area contributed by atoms with E-state index in [0.29, 0.717) is 34.6 Å². The van der Waals surface area contributed by atoms with Gasteiger partial charge in [0.1, 0.15) is 39.1 Å². The van der Waals surface area contributed by atoms with Crippen LogP contribution in [0.15, 0.2) is 489 Å². The number of nitrogens with zero attached hydrogens (tertiary/aromatic N) is 9. The molecule has 32 aromatic rings. The van der Waals surface area contributed by atoms with E-state index in [2.05, 4.69) is 390 Å². The molecule has 0 saturated carbocycles. The first-order chi connectivity index (χ1) is 72.9. The first kappa shape index (κ1) is 83.1. The van der Waals surface area contributed by atoms with Gasteiger partial charge < -0.3 is 35.8 Å². The molecule has 0 atom stereocenters. The Balaban J connectivity index is 0.000000102. The lowest BCUT2D eigenvalue weighted by atomic mass is 10.0. The quantitative estimate of drug-likeness (QED) is 0.121. The van der Waals surface area contributed by atoms with Crippen LogP contribution in [-0.2, 0) is 0 Å². The van der Waals surface area contributed by atoms with Crippen LogP contribution in [0, 0.1) is 0 Å². The van der Waals surface area contributed by atoms with Crippen molar-refractivity contribution in [3.63, 3.8) is 0 Å². The molecule has 15 heteroatoms. The largest absolute Gasteiger partial charge is 0.455 e. The molecule has 0 saturated heterocycles. The summed E-state index contributed by atoms with van der Waals surface area (Å²) in [5.74, 6) is 1.83. The Morgan fingerprint density at radius 2 is 0.483 bits per heavy atom. The van der Waals surface area contributed by atoms with E-state index in [1.807, 2.05) is 102 Å². The van der Waals surface area contributed by atoms with Gasteiger partial charge in [-0.3, -0.25) is 0 Å². The van der Waals surface area contributed by atoms with Gasteiger partial charge in [0, 0.05) is 141 Å². The maximum Gasteiger partial charge on any atom is 0.231 e. The van der Waals surface area contributed by atoms with Gasteiger partial charge in [-0.15, -0.1) is 11.3 Å². The van der Waals surface area contributed by atoms with Crippen molar-refractivity contribution >= 4 is 207 Å². The van der Waals surface area contributed by atoms with Gasteiger partial charge in [0.15, 0.2) is 17.5 Å². The summed E-state index contributed by atoms with van der Waals surface area (Å²) in [5, 5.41) is 19.2. The molecule has 0 unspecified atom stereocenters. The molecule has 12 heterocycles. The Morgan fingerprint density at radius 1 is 0.177 bits per heavy atom. The zero-order valence-corrected chi connectivity index (χ0v) is 79.2. The summed E-state index contributed by atoms with van der Waals surface area (Å²) in [6, 6.07) is 162. The lowest BCUT2D eigenvalue weighted by Crippen LogP contribution is -1.96. The normalized spacial score (nSPS) is 11.9. The fraction of sp³-hybridized carbons (Fsp3) is 0. The summed E-state index contributed by atoms with van der Waals surface area (Å²) in [6.07, 6.45) is 0. The summed E-state index contributed by atoms with van der Waals surface area (Å²) in [7, 11) is 0. The molecule has 0 aliphatic carbocycles. The predicted octanol–water partition coefficient (Wildman–Crippen LogP) is 35.9. The number of benzene rings is 20. The van der Waals surface area contributed by atoms with Crippen LogP contribution in [0.25, 0.3) is 303 Å². The second-order valence-electron chi connectivity index (χ2n) is 37.3. The van der Waals surface area contributed by atoms with Crippen LogP contribution in [0.4, 0.5) is 0 Å². The van der Waals surface area contributed by atoms with Crippen LogP contribution in [-0.4, -0.2) is 43.6 Å². The average molecular weight is 1900 g/mol. The Kier molecular flexibility index (Phi) is 18.9. The number of furan rings is 5. The van der Waals surface area contributed by atoms with Crippen LogP contribution in [0.2, 0.25) is 0 Å². The summed E-state index contributed by atoms with van der Waals surface area (Å²) < 4.78 is 41.9. The van der Waals surface area contributed by atoms with E-state index in [-0.39, 0.29) is 0 Å². The Labute approximate surface area is 841 Å². The second-order valence-corrected chi connectivity index (χ2v) is 38.3. The molecule has 686 valence electrons. The summed E-state index contributed by atoms with van der Waals surface area (Å²) in [5.41, 5.74) is 30.3. The van der Waals surface area contributed by atoms with Crippen LogP contribution >= 0.6 is 11.3 Å². The van der Waals surface area contributed by atoms with E-state index >= 15 is 0 Å². The highest BCUT2D eigenvalue weighted by atomic mass is 32.1. The summed E-state index contributed by atoms with van der Waals surface area (Å²) in [4.78, 5) is 31.5. The minimum absolute atomic E-state index is 0.544. The third-order valence-electron chi connectivity index (χ3n) is 28.9. The van der Waals surface area contributed by atoms with E-state index in [1.54, 1.807) is 0 Å². The van der Waals surface area contributed by atoms with Crippen molar-refractivity contribution in [1.82, 2.24) is 43.6 Å². The van der Waals surface area contributed by atoms with E-state index in [1.165, 1.54) is 47.8 Å². The standard InChI is InChI=1S/C46H27N3O2.C46H27N3OS.C40H23N3O2/c1-3-12-28(13-4-1)29-22-24-38-36(26-29)37-27-30(23-25-39(37)49(38)31-14-5-2-6-15-31)45-47-43(42-34-17-8-10-21-41(34)51-46(42)48-45)35-19-11-18-33-32-16-7-9-20-40(32)50-44(33)35;1-3-12-28(13-4-1)29-22-24-38-36(26-29)37-27-30(23-25-39(37)49(38)31-14-5-2-6-15-31)45-47-43(42-34-17-7-9-20-40(34)50-46(42)48-45)35-19-11-18-33-32-16-8-10-21-41(32)51-44(33)35;1-2-12-24(13-3-1)43-31-20-7-4-15-27(31)35-29(18-11-21-32(35)43)39-41-37(36-28-16-6-9-23-34(28)45-40(36)42-39)30-19-10-17-26-25-14-5-8-22-33(25)44-38(26)30/h2*1-27H;1-23H. The Bertz CT molecular complexity index is 10600. The SMILES string of the molecule is c1ccc(-c2ccc3c(c2)c2cc(-c4nc(-c5cccc6c5oc5ccccc56)c5c(n4)oc4ccccc45)ccc2n3-c2ccccc2)cc1.c1ccc(-c2ccc3c(c2)c2cc(-c4nc(-c5cccc6c5sc5ccccc56)c5c(n4)oc4ccccc45)ccc2n3-c2ccccc2)cc1.c1ccc(-n2c3ccccc3c3c(-c4nc(-c5cccc6c5oc5ccccc56)c5c(n4)oc4ccccc45)cccc32)cc1. The monoisotopic (exact) mass is 1900 g/mol. The molecular formula is C132H77N9O5S. The Morgan fingerprint density at radius 3 is 0.939 bits per heavy atom. The van der Waals surface area contributed by atoms with Gasteiger partial charge in [-0.25, -0.2) is 15.0 Å². The Hall–Kier alpha value is -19.7. The molecule has 0 spiro atoms. The number of rotatable bonds is 11. The molecule has 0 radical (unpaired) electrons. The molecule has 32 rings (SSSR count). The zero-order valence-electron chi connectivity index (χ0n) is 78.4. The maximum atomic E-state index is 6.53. The number of thiophene rings is 1. The first-order valence-corrected chi connectivity index (χ1v) is 50.0. The average Bonchev–Trinajstić information content (AvgIpc) is 1.57. The predicted molar refractivity (Wildman–Crippen MR) is 602 cm³/mol. The highest BCUT2D eigenvalue weighted by molar-refractivity contribution is 7.26. The van der Waals surface area contributed by atoms with Crippen LogP contribution in [0.5, 0.6) is 0 Å². The third-order valence-corrected chi connectivity index (χ3v) is 30.2. The minimum atomic E-state index is 0.544. The molecule has 0 bridgehead atoms. The number of hydrogen-bond donors (Lipinski definition) is 0. The molecule has 0 fully saturated rings. The zero-order chi connectivity index (χ0) is 96.4. The topological polar surface area (TPSA) is 158 Å². The summed E-state index contributed by atoms with van der Waals surface area (Å²) >= 11 is 1.81. The van der Waals surface area contributed by atoms with Crippen LogP contribution in [0.3, 0.4) is 0 Å². The molecule has 0 N–H and O–H groups in total. The van der Waals surface area contributed by atoms with Crippen molar-refractivity contribution in [2.45, 2.75) is 0 Å². The number of fused-ring (bicyclic) bond motifs is 27. The number of hydrogen-bond acceptors (Lipinski definition) is 12. The van der Waals surface area contributed by atoms with Crippen molar-refractivity contribution in [3.05, 3.63) is 467 Å². The fourth-order valence-corrected chi connectivity index (χ4v) is 23.6. The molecule has 0 aliphatic rings. The number of aromatic nitrogens is 9. The van der Waals surface area contributed by atoms with Crippen molar-refractivity contribution in [2.24, 2.45) is 0 Å². The highest BCUT2D eigenvalue weighted by Crippen LogP contribution is 2.50. The molecule has 20 aromatic carbocycles. The lowest BCUT2D eigenvalue weighted by Gasteiger charge is -2.10. The van der Waals surface area contributed by atoms with Gasteiger partial charge in [0.2, 0.25) is 17.1 Å². The summed E-state index contributed by atoms with van der Waals surface area (Å²) in [6.45, 7) is 0. The maximum absolute atomic E-state index is 6.53. The van der Waals surface area contributed by atoms with Crippen LogP contribution < -0.4 is 0 Å². The second kappa shape index (κ2) is 33.5. The molecule has 12 aromatic heterocycles. The molecule has 0 aliphatic heterocycles. The smallest absolute Gasteiger partial charge is 0.231 e. The van der Waals surface area contributed by atoms with Gasteiger partial charge in [-0.1, -0.05) is 309 Å². The van der Waals surface area contributed by atoms with E-state index in [0.717, 1.165) is 220 Å².